The normalized spacial score (nSPS) is 15.2. The molecule has 1 atom stereocenters. The highest BCUT2D eigenvalue weighted by Gasteiger charge is 2.43. The molecule has 3 aromatic carbocycles. The Morgan fingerprint density at radius 3 is 2.61 bits per heavy atom. The maximum absolute atomic E-state index is 13.9. The summed E-state index contributed by atoms with van der Waals surface area (Å²) in [4.78, 5) is 28.5. The van der Waals surface area contributed by atoms with E-state index < -0.39 is 23.2 Å². The van der Waals surface area contributed by atoms with E-state index in [-0.39, 0.29) is 40.3 Å². The van der Waals surface area contributed by atoms with Crippen LogP contribution in [-0.4, -0.2) is 22.5 Å². The lowest BCUT2D eigenvalue weighted by molar-refractivity contribution is 0.0714. The van der Waals surface area contributed by atoms with Crippen LogP contribution in [0.5, 0.6) is 11.5 Å². The molecule has 1 aliphatic heterocycles. The summed E-state index contributed by atoms with van der Waals surface area (Å²) in [6.07, 6.45) is 0. The van der Waals surface area contributed by atoms with Gasteiger partial charge >= 0.3 is 0 Å². The Bertz CT molecular complexity index is 1430. The van der Waals surface area contributed by atoms with Crippen molar-refractivity contribution >= 4 is 16.9 Å². The zero-order valence-electron chi connectivity index (χ0n) is 17.7. The van der Waals surface area contributed by atoms with Gasteiger partial charge in [-0.1, -0.05) is 36.4 Å². The van der Waals surface area contributed by atoms with E-state index in [0.717, 1.165) is 11.6 Å². The fourth-order valence-electron chi connectivity index (χ4n) is 4.25. The van der Waals surface area contributed by atoms with Crippen LogP contribution in [0.3, 0.4) is 0 Å². The van der Waals surface area contributed by atoms with E-state index in [9.17, 15) is 19.1 Å². The van der Waals surface area contributed by atoms with Crippen molar-refractivity contribution in [2.24, 2.45) is 0 Å². The number of benzene rings is 3. The number of phenolic OH excluding ortho intramolecular Hbond substituents is 1. The van der Waals surface area contributed by atoms with Gasteiger partial charge in [-0.15, -0.1) is 0 Å². The number of aromatic hydroxyl groups is 1. The van der Waals surface area contributed by atoms with E-state index in [2.05, 4.69) is 0 Å². The molecule has 2 heterocycles. The van der Waals surface area contributed by atoms with Gasteiger partial charge in [-0.3, -0.25) is 9.59 Å². The van der Waals surface area contributed by atoms with Crippen molar-refractivity contribution < 1.29 is 23.4 Å². The molecule has 0 saturated heterocycles. The summed E-state index contributed by atoms with van der Waals surface area (Å²) < 4.78 is 25.3. The highest BCUT2D eigenvalue weighted by Crippen LogP contribution is 2.41. The van der Waals surface area contributed by atoms with E-state index in [0.29, 0.717) is 12.2 Å². The average molecular weight is 445 g/mol. The van der Waals surface area contributed by atoms with E-state index in [1.54, 1.807) is 24.0 Å². The first-order chi connectivity index (χ1) is 16.0. The summed E-state index contributed by atoms with van der Waals surface area (Å²) >= 11 is 0. The summed E-state index contributed by atoms with van der Waals surface area (Å²) in [6.45, 7) is 2.35. The van der Waals surface area contributed by atoms with Crippen molar-refractivity contribution in [1.82, 2.24) is 4.90 Å². The molecule has 5 rings (SSSR count). The molecule has 1 aromatic heterocycles. The number of hydrogen-bond acceptors (Lipinski definition) is 5. The lowest BCUT2D eigenvalue weighted by Crippen LogP contribution is -2.29. The third kappa shape index (κ3) is 3.51. The lowest BCUT2D eigenvalue weighted by Gasteiger charge is -2.25. The van der Waals surface area contributed by atoms with E-state index in [1.807, 2.05) is 30.3 Å². The fourth-order valence-corrected chi connectivity index (χ4v) is 4.25. The first-order valence-electron chi connectivity index (χ1n) is 10.5. The molecular formula is C26H20FNO5. The summed E-state index contributed by atoms with van der Waals surface area (Å²) in [7, 11) is 0. The van der Waals surface area contributed by atoms with Crippen molar-refractivity contribution in [1.29, 1.82) is 0 Å². The third-order valence-electron chi connectivity index (χ3n) is 5.72. The molecule has 1 amide bonds. The summed E-state index contributed by atoms with van der Waals surface area (Å²) in [5.41, 5.74) is 1.26. The lowest BCUT2D eigenvalue weighted by atomic mass is 9.97. The van der Waals surface area contributed by atoms with Gasteiger partial charge < -0.3 is 19.2 Å². The van der Waals surface area contributed by atoms with Gasteiger partial charge in [0.05, 0.1) is 23.6 Å². The van der Waals surface area contributed by atoms with Crippen molar-refractivity contribution in [3.63, 3.8) is 0 Å². The van der Waals surface area contributed by atoms with Crippen LogP contribution in [0.4, 0.5) is 4.39 Å². The van der Waals surface area contributed by atoms with Crippen LogP contribution in [0.2, 0.25) is 0 Å². The highest BCUT2D eigenvalue weighted by molar-refractivity contribution is 5.99. The van der Waals surface area contributed by atoms with Crippen LogP contribution < -0.4 is 10.2 Å². The number of carbonyl (C=O) groups is 1. The molecule has 0 fully saturated rings. The molecule has 166 valence electrons. The van der Waals surface area contributed by atoms with Gasteiger partial charge in [0.2, 0.25) is 5.76 Å². The largest absolute Gasteiger partial charge is 0.504 e. The number of ether oxygens (including phenoxy) is 1. The molecular weight excluding hydrogens is 425 g/mol. The number of nitrogens with zero attached hydrogens (tertiary/aromatic N) is 1. The maximum Gasteiger partial charge on any atom is 0.291 e. The Labute approximate surface area is 188 Å². The highest BCUT2D eigenvalue weighted by atomic mass is 19.1. The van der Waals surface area contributed by atoms with Crippen LogP contribution >= 0.6 is 0 Å². The third-order valence-corrected chi connectivity index (χ3v) is 5.72. The summed E-state index contributed by atoms with van der Waals surface area (Å²) in [5, 5.41) is 10.2. The predicted molar refractivity (Wildman–Crippen MR) is 120 cm³/mol. The second kappa shape index (κ2) is 8.09. The number of fused-ring (bicyclic) bond motifs is 2. The van der Waals surface area contributed by atoms with Gasteiger partial charge in [-0.2, -0.15) is 0 Å². The van der Waals surface area contributed by atoms with Gasteiger partial charge in [0.25, 0.3) is 5.91 Å². The molecule has 0 unspecified atom stereocenters. The molecule has 0 aliphatic carbocycles. The second-order valence-electron chi connectivity index (χ2n) is 7.80. The topological polar surface area (TPSA) is 80.0 Å². The van der Waals surface area contributed by atoms with Crippen LogP contribution in [0.25, 0.3) is 11.0 Å². The monoisotopic (exact) mass is 445 g/mol. The summed E-state index contributed by atoms with van der Waals surface area (Å²) in [5.74, 6) is -0.876. The quantitative estimate of drug-likeness (QED) is 0.478. The van der Waals surface area contributed by atoms with Crippen LogP contribution in [-0.2, 0) is 6.54 Å². The minimum Gasteiger partial charge on any atom is -0.504 e. The molecule has 0 saturated carbocycles. The Hall–Kier alpha value is -4.13. The van der Waals surface area contributed by atoms with Crippen molar-refractivity contribution in [2.45, 2.75) is 19.5 Å². The number of rotatable bonds is 5. The molecule has 4 aromatic rings. The number of halogens is 1. The fraction of sp³-hybridized carbons (Fsp3) is 0.154. The maximum atomic E-state index is 13.9. The number of amides is 1. The van der Waals surface area contributed by atoms with Crippen molar-refractivity contribution in [3.8, 4) is 11.5 Å². The Balaban J connectivity index is 1.74. The SMILES string of the molecule is CCOc1cc([C@H]2c3c(oc4ccc(F)cc4c3=O)C(=O)N2Cc2ccccc2)ccc1O. The van der Waals surface area contributed by atoms with Gasteiger partial charge in [0.15, 0.2) is 16.9 Å². The Morgan fingerprint density at radius 2 is 1.85 bits per heavy atom. The number of carbonyl (C=O) groups excluding carboxylic acids is 1. The zero-order chi connectivity index (χ0) is 23.1. The minimum atomic E-state index is -0.795. The summed E-state index contributed by atoms with van der Waals surface area (Å²) in [6, 6.07) is 17.0. The first-order valence-corrected chi connectivity index (χ1v) is 10.5. The molecule has 7 heteroatoms. The zero-order valence-corrected chi connectivity index (χ0v) is 17.7. The number of phenols is 1. The molecule has 1 aliphatic rings. The Kier molecular flexibility index (Phi) is 5.09. The van der Waals surface area contributed by atoms with Crippen LogP contribution in [0.15, 0.2) is 75.9 Å². The standard InChI is InChI=1S/C26H20FNO5/c1-2-32-21-12-16(8-10-19(21)29)23-22-24(30)18-13-17(27)9-11-20(18)33-25(22)26(31)28(23)14-15-6-4-3-5-7-15/h3-13,23,29H,2,14H2,1H3/t23-/m0/s1. The van der Waals surface area contributed by atoms with Crippen LogP contribution in [0.1, 0.15) is 40.2 Å². The minimum absolute atomic E-state index is 0.0487. The van der Waals surface area contributed by atoms with E-state index in [4.69, 9.17) is 9.15 Å². The van der Waals surface area contributed by atoms with Gasteiger partial charge in [-0.25, -0.2) is 4.39 Å². The van der Waals surface area contributed by atoms with Crippen molar-refractivity contribution in [3.05, 3.63) is 105 Å². The number of hydrogen-bond donors (Lipinski definition) is 1. The first kappa shape index (κ1) is 20.8. The smallest absolute Gasteiger partial charge is 0.291 e. The van der Waals surface area contributed by atoms with Gasteiger partial charge in [-0.05, 0) is 48.4 Å². The van der Waals surface area contributed by atoms with Crippen LogP contribution in [0, 0.1) is 5.82 Å². The van der Waals surface area contributed by atoms with E-state index in [1.165, 1.54) is 18.2 Å². The second-order valence-corrected chi connectivity index (χ2v) is 7.80. The van der Waals surface area contributed by atoms with E-state index >= 15 is 0 Å². The van der Waals surface area contributed by atoms with Gasteiger partial charge in [0.1, 0.15) is 11.4 Å². The molecule has 6 nitrogen and oxygen atoms in total. The molecule has 33 heavy (non-hydrogen) atoms. The predicted octanol–water partition coefficient (Wildman–Crippen LogP) is 4.78. The molecule has 1 N–H and O–H groups in total. The average Bonchev–Trinajstić information content (AvgIpc) is 3.08. The molecule has 0 bridgehead atoms. The Morgan fingerprint density at radius 1 is 1.06 bits per heavy atom. The molecule has 0 radical (unpaired) electrons. The molecule has 0 spiro atoms. The van der Waals surface area contributed by atoms with Gasteiger partial charge in [0, 0.05) is 6.54 Å². The van der Waals surface area contributed by atoms with Crippen molar-refractivity contribution in [2.75, 3.05) is 6.61 Å².